The van der Waals surface area contributed by atoms with Crippen molar-refractivity contribution >= 4 is 0 Å². The maximum Gasteiger partial charge on any atom is 0.0507 e. The summed E-state index contributed by atoms with van der Waals surface area (Å²) in [5, 5.41) is 5.88. The lowest BCUT2D eigenvalue weighted by Crippen LogP contribution is -2.18. The number of ether oxygens (including phenoxy) is 1. The molecule has 3 nitrogen and oxygen atoms in total. The molecule has 0 aliphatic carbocycles. The summed E-state index contributed by atoms with van der Waals surface area (Å²) >= 11 is 0. The topological polar surface area (TPSA) is 33.3 Å². The third-order valence-corrected chi connectivity index (χ3v) is 1.52. The molecule has 0 aromatic heterocycles. The SMILES string of the molecule is CNC.CNCC1CCOC1. The van der Waals surface area contributed by atoms with Crippen molar-refractivity contribution in [2.75, 3.05) is 40.9 Å². The molecule has 0 amide bonds. The Bertz CT molecular complexity index is 72.5. The highest BCUT2D eigenvalue weighted by Crippen LogP contribution is 2.09. The molecule has 11 heavy (non-hydrogen) atoms. The summed E-state index contributed by atoms with van der Waals surface area (Å²) in [7, 11) is 5.73. The minimum absolute atomic E-state index is 0.778. The van der Waals surface area contributed by atoms with E-state index in [2.05, 4.69) is 10.6 Å². The van der Waals surface area contributed by atoms with Gasteiger partial charge in [-0.2, -0.15) is 0 Å². The molecule has 1 atom stereocenters. The van der Waals surface area contributed by atoms with Crippen molar-refractivity contribution in [3.8, 4) is 0 Å². The zero-order valence-corrected chi connectivity index (χ0v) is 7.81. The predicted octanol–water partition coefficient (Wildman–Crippen LogP) is 0.0779. The molecule has 1 aliphatic rings. The lowest BCUT2D eigenvalue weighted by atomic mass is 10.1. The Labute approximate surface area is 69.5 Å². The second-order valence-corrected chi connectivity index (χ2v) is 2.79. The van der Waals surface area contributed by atoms with E-state index < -0.39 is 0 Å². The molecule has 0 spiro atoms. The van der Waals surface area contributed by atoms with E-state index in [0.29, 0.717) is 0 Å². The van der Waals surface area contributed by atoms with Gasteiger partial charge in [0.2, 0.25) is 0 Å². The second kappa shape index (κ2) is 7.98. The number of rotatable bonds is 2. The van der Waals surface area contributed by atoms with E-state index >= 15 is 0 Å². The van der Waals surface area contributed by atoms with Gasteiger partial charge in [-0.15, -0.1) is 0 Å². The zero-order valence-electron chi connectivity index (χ0n) is 7.81. The van der Waals surface area contributed by atoms with Crippen LogP contribution in [0.15, 0.2) is 0 Å². The third-order valence-electron chi connectivity index (χ3n) is 1.52. The Hall–Kier alpha value is -0.120. The lowest BCUT2D eigenvalue weighted by Gasteiger charge is -2.03. The summed E-state index contributed by atoms with van der Waals surface area (Å²) in [6.45, 7) is 3.03. The van der Waals surface area contributed by atoms with Crippen LogP contribution in [-0.4, -0.2) is 40.9 Å². The smallest absolute Gasteiger partial charge is 0.0507 e. The van der Waals surface area contributed by atoms with Gasteiger partial charge in [-0.05, 0) is 40.0 Å². The molecule has 1 saturated heterocycles. The maximum absolute atomic E-state index is 5.17. The Morgan fingerprint density at radius 2 is 2.00 bits per heavy atom. The Balaban J connectivity index is 0.000000292. The van der Waals surface area contributed by atoms with Crippen molar-refractivity contribution in [2.24, 2.45) is 5.92 Å². The van der Waals surface area contributed by atoms with Crippen LogP contribution in [0.4, 0.5) is 0 Å². The number of nitrogens with one attached hydrogen (secondary N) is 2. The molecule has 0 radical (unpaired) electrons. The van der Waals surface area contributed by atoms with E-state index in [0.717, 1.165) is 25.7 Å². The van der Waals surface area contributed by atoms with Gasteiger partial charge >= 0.3 is 0 Å². The van der Waals surface area contributed by atoms with E-state index in [1.165, 1.54) is 6.42 Å². The van der Waals surface area contributed by atoms with Gasteiger partial charge in [-0.3, -0.25) is 0 Å². The average molecular weight is 160 g/mol. The van der Waals surface area contributed by atoms with Gasteiger partial charge in [0.25, 0.3) is 0 Å². The molecule has 0 saturated carbocycles. The first kappa shape index (κ1) is 10.9. The largest absolute Gasteiger partial charge is 0.381 e. The van der Waals surface area contributed by atoms with Crippen molar-refractivity contribution in [3.05, 3.63) is 0 Å². The fourth-order valence-electron chi connectivity index (χ4n) is 1.03. The van der Waals surface area contributed by atoms with Crippen molar-refractivity contribution in [2.45, 2.75) is 6.42 Å². The van der Waals surface area contributed by atoms with Crippen LogP contribution in [0, 0.1) is 5.92 Å². The average Bonchev–Trinajstić information content (AvgIpc) is 2.42. The van der Waals surface area contributed by atoms with Crippen LogP contribution in [0.25, 0.3) is 0 Å². The normalized spacial score (nSPS) is 22.6. The van der Waals surface area contributed by atoms with Crippen LogP contribution >= 0.6 is 0 Å². The van der Waals surface area contributed by atoms with E-state index in [1.54, 1.807) is 0 Å². The van der Waals surface area contributed by atoms with E-state index in [-0.39, 0.29) is 0 Å². The monoisotopic (exact) mass is 160 g/mol. The lowest BCUT2D eigenvalue weighted by molar-refractivity contribution is 0.185. The molecule has 1 heterocycles. The summed E-state index contributed by atoms with van der Waals surface area (Å²) in [6, 6.07) is 0. The van der Waals surface area contributed by atoms with Gasteiger partial charge in [0.05, 0.1) is 6.61 Å². The molecule has 0 aromatic carbocycles. The van der Waals surface area contributed by atoms with Gasteiger partial charge in [-0.1, -0.05) is 0 Å². The van der Waals surface area contributed by atoms with Crippen molar-refractivity contribution < 1.29 is 4.74 Å². The first-order chi connectivity index (χ1) is 5.35. The van der Waals surface area contributed by atoms with Gasteiger partial charge in [0, 0.05) is 6.61 Å². The molecule has 1 rings (SSSR count). The maximum atomic E-state index is 5.17. The van der Waals surface area contributed by atoms with Crippen molar-refractivity contribution in [1.82, 2.24) is 10.6 Å². The van der Waals surface area contributed by atoms with Crippen LogP contribution in [0.2, 0.25) is 0 Å². The highest BCUT2D eigenvalue weighted by molar-refractivity contribution is 4.64. The van der Waals surface area contributed by atoms with Crippen LogP contribution in [0.3, 0.4) is 0 Å². The molecule has 2 N–H and O–H groups in total. The highest BCUT2D eigenvalue weighted by Gasteiger charge is 2.13. The summed E-state index contributed by atoms with van der Waals surface area (Å²) < 4.78 is 5.17. The van der Waals surface area contributed by atoms with Crippen LogP contribution < -0.4 is 10.6 Å². The van der Waals surface area contributed by atoms with Crippen LogP contribution in [-0.2, 0) is 4.74 Å². The first-order valence-corrected chi connectivity index (χ1v) is 4.16. The van der Waals surface area contributed by atoms with Gasteiger partial charge in [0.15, 0.2) is 0 Å². The molecule has 1 fully saturated rings. The molecule has 68 valence electrons. The molecule has 1 aliphatic heterocycles. The standard InChI is InChI=1S/C6H13NO.C2H7N/c1-7-4-6-2-3-8-5-6;1-3-2/h6-7H,2-5H2,1H3;3H,1-2H3. The predicted molar refractivity (Wildman–Crippen MR) is 47.8 cm³/mol. The summed E-state index contributed by atoms with van der Waals surface area (Å²) in [5.74, 6) is 0.778. The fraction of sp³-hybridized carbons (Fsp3) is 1.00. The number of hydrogen-bond donors (Lipinski definition) is 2. The van der Waals surface area contributed by atoms with E-state index in [4.69, 9.17) is 4.74 Å². The quantitative estimate of drug-likeness (QED) is 0.600. The van der Waals surface area contributed by atoms with Crippen LogP contribution in [0.5, 0.6) is 0 Å². The Kier molecular flexibility index (Phi) is 7.89. The second-order valence-electron chi connectivity index (χ2n) is 2.79. The fourth-order valence-corrected chi connectivity index (χ4v) is 1.03. The molecule has 0 bridgehead atoms. The summed E-state index contributed by atoms with van der Waals surface area (Å²) in [4.78, 5) is 0. The highest BCUT2D eigenvalue weighted by atomic mass is 16.5. The first-order valence-electron chi connectivity index (χ1n) is 4.16. The Morgan fingerprint density at radius 1 is 1.36 bits per heavy atom. The minimum atomic E-state index is 0.778. The summed E-state index contributed by atoms with van der Waals surface area (Å²) in [5.41, 5.74) is 0. The molecule has 3 heteroatoms. The number of hydrogen-bond acceptors (Lipinski definition) is 3. The molecular weight excluding hydrogens is 140 g/mol. The van der Waals surface area contributed by atoms with E-state index in [1.807, 2.05) is 21.1 Å². The van der Waals surface area contributed by atoms with Gasteiger partial charge in [-0.25, -0.2) is 0 Å². The van der Waals surface area contributed by atoms with Gasteiger partial charge < -0.3 is 15.4 Å². The van der Waals surface area contributed by atoms with Crippen molar-refractivity contribution in [1.29, 1.82) is 0 Å². The zero-order chi connectivity index (χ0) is 8.53. The molecular formula is C8H20N2O. The van der Waals surface area contributed by atoms with E-state index in [9.17, 15) is 0 Å². The summed E-state index contributed by atoms with van der Waals surface area (Å²) in [6.07, 6.45) is 1.24. The Morgan fingerprint density at radius 3 is 2.36 bits per heavy atom. The molecule has 0 aromatic rings. The minimum Gasteiger partial charge on any atom is -0.381 e. The van der Waals surface area contributed by atoms with Crippen LogP contribution in [0.1, 0.15) is 6.42 Å². The van der Waals surface area contributed by atoms with Gasteiger partial charge in [0.1, 0.15) is 0 Å². The van der Waals surface area contributed by atoms with Crippen molar-refractivity contribution in [3.63, 3.8) is 0 Å². The third kappa shape index (κ3) is 6.28. The molecule has 1 unspecified atom stereocenters.